The molecule has 5 nitrogen and oxygen atoms in total. The standard InChI is InChI=1S/C22H20N2O3S2/c25-21(10-14-4-2-1-3-5-14)23-13-17-7-9-18(28-17)15-6-8-19-16(11-15)12-20(29-19)22(26)24-27/h1-6,8-9,11-12,17,27H,7,10,13H2,(H,23,25)(H,24,26). The Kier molecular flexibility index (Phi) is 5.99. The maximum atomic E-state index is 12.2. The Hall–Kier alpha value is -2.61. The molecule has 3 N–H and O–H groups in total. The number of carbonyl (C=O) groups is 2. The molecule has 2 amide bonds. The number of thiophene rings is 1. The third kappa shape index (κ3) is 4.70. The lowest BCUT2D eigenvalue weighted by Gasteiger charge is -2.12. The summed E-state index contributed by atoms with van der Waals surface area (Å²) >= 11 is 3.12. The Bertz CT molecular complexity index is 1080. The van der Waals surface area contributed by atoms with E-state index >= 15 is 0 Å². The number of amides is 2. The summed E-state index contributed by atoms with van der Waals surface area (Å²) in [4.78, 5) is 25.4. The number of nitrogens with one attached hydrogen (secondary N) is 2. The summed E-state index contributed by atoms with van der Waals surface area (Å²) in [6, 6.07) is 17.6. The average molecular weight is 425 g/mol. The molecule has 0 saturated heterocycles. The van der Waals surface area contributed by atoms with Gasteiger partial charge in [-0.05, 0) is 41.1 Å². The number of rotatable bonds is 6. The van der Waals surface area contributed by atoms with Crippen molar-refractivity contribution in [1.29, 1.82) is 0 Å². The van der Waals surface area contributed by atoms with Crippen molar-refractivity contribution in [2.24, 2.45) is 0 Å². The van der Waals surface area contributed by atoms with Crippen molar-refractivity contribution in [3.63, 3.8) is 0 Å². The van der Waals surface area contributed by atoms with Gasteiger partial charge in [-0.25, -0.2) is 5.48 Å². The van der Waals surface area contributed by atoms with Crippen molar-refractivity contribution in [3.8, 4) is 0 Å². The van der Waals surface area contributed by atoms with E-state index in [0.717, 1.165) is 27.6 Å². The van der Waals surface area contributed by atoms with E-state index in [9.17, 15) is 9.59 Å². The predicted molar refractivity (Wildman–Crippen MR) is 118 cm³/mol. The lowest BCUT2D eigenvalue weighted by atomic mass is 10.1. The molecule has 7 heteroatoms. The number of hydroxylamine groups is 1. The molecule has 1 unspecified atom stereocenters. The summed E-state index contributed by atoms with van der Waals surface area (Å²) in [5.41, 5.74) is 3.80. The lowest BCUT2D eigenvalue weighted by molar-refractivity contribution is -0.120. The zero-order chi connectivity index (χ0) is 20.2. The van der Waals surface area contributed by atoms with E-state index in [0.29, 0.717) is 23.1 Å². The van der Waals surface area contributed by atoms with Crippen LogP contribution >= 0.6 is 23.1 Å². The molecule has 1 aliphatic rings. The van der Waals surface area contributed by atoms with Crippen molar-refractivity contribution in [1.82, 2.24) is 10.8 Å². The van der Waals surface area contributed by atoms with E-state index in [1.54, 1.807) is 23.3 Å². The van der Waals surface area contributed by atoms with E-state index in [2.05, 4.69) is 23.5 Å². The maximum absolute atomic E-state index is 12.2. The van der Waals surface area contributed by atoms with Crippen LogP contribution in [0.4, 0.5) is 0 Å². The van der Waals surface area contributed by atoms with Gasteiger partial charge >= 0.3 is 0 Å². The Morgan fingerprint density at radius 1 is 1.10 bits per heavy atom. The first kappa shape index (κ1) is 19.7. The first-order valence-corrected chi connectivity index (χ1v) is 11.0. The quantitative estimate of drug-likeness (QED) is 0.409. The molecule has 148 valence electrons. The highest BCUT2D eigenvalue weighted by Crippen LogP contribution is 2.40. The number of benzene rings is 2. The summed E-state index contributed by atoms with van der Waals surface area (Å²) < 4.78 is 1.00. The van der Waals surface area contributed by atoms with Gasteiger partial charge in [0.15, 0.2) is 0 Å². The Balaban J connectivity index is 1.34. The molecule has 4 rings (SSSR count). The molecule has 2 aromatic carbocycles. The number of hydrogen-bond donors (Lipinski definition) is 3. The summed E-state index contributed by atoms with van der Waals surface area (Å²) in [6.45, 7) is 0.637. The van der Waals surface area contributed by atoms with Crippen LogP contribution in [0.5, 0.6) is 0 Å². The van der Waals surface area contributed by atoms with Crippen LogP contribution in [0.25, 0.3) is 15.0 Å². The number of thioether (sulfide) groups is 1. The number of fused-ring (bicyclic) bond motifs is 1. The van der Waals surface area contributed by atoms with Crippen molar-refractivity contribution in [2.75, 3.05) is 6.54 Å². The molecule has 1 aromatic heterocycles. The Morgan fingerprint density at radius 2 is 1.93 bits per heavy atom. The van der Waals surface area contributed by atoms with Gasteiger partial charge in [0.2, 0.25) is 5.91 Å². The minimum Gasteiger partial charge on any atom is -0.355 e. The van der Waals surface area contributed by atoms with Crippen molar-refractivity contribution in [3.05, 3.63) is 76.7 Å². The fourth-order valence-electron chi connectivity index (χ4n) is 3.26. The fraction of sp³-hybridized carbons (Fsp3) is 0.182. The van der Waals surface area contributed by atoms with Crippen LogP contribution in [0.2, 0.25) is 0 Å². The Morgan fingerprint density at radius 3 is 2.72 bits per heavy atom. The number of hydrogen-bond acceptors (Lipinski definition) is 5. The van der Waals surface area contributed by atoms with Gasteiger partial charge < -0.3 is 5.32 Å². The first-order chi connectivity index (χ1) is 14.1. The minimum atomic E-state index is -0.492. The summed E-state index contributed by atoms with van der Waals surface area (Å²) in [6.07, 6.45) is 3.51. The summed E-state index contributed by atoms with van der Waals surface area (Å²) in [5, 5.41) is 13.1. The second kappa shape index (κ2) is 8.82. The molecule has 0 spiro atoms. The molecule has 3 aromatic rings. The second-order valence-corrected chi connectivity index (χ2v) is 9.24. The van der Waals surface area contributed by atoms with Gasteiger partial charge in [-0.2, -0.15) is 0 Å². The zero-order valence-corrected chi connectivity index (χ0v) is 17.2. The molecule has 0 fully saturated rings. The van der Waals surface area contributed by atoms with Gasteiger partial charge in [-0.15, -0.1) is 23.1 Å². The normalized spacial score (nSPS) is 15.9. The number of allylic oxidation sites excluding steroid dienone is 1. The van der Waals surface area contributed by atoms with Gasteiger partial charge in [0.25, 0.3) is 5.91 Å². The molecule has 0 radical (unpaired) electrons. The number of carbonyl (C=O) groups excluding carboxylic acids is 2. The molecular weight excluding hydrogens is 404 g/mol. The van der Waals surface area contributed by atoms with E-state index in [1.165, 1.54) is 16.2 Å². The van der Waals surface area contributed by atoms with E-state index in [4.69, 9.17) is 5.21 Å². The highest BCUT2D eigenvalue weighted by atomic mass is 32.2. The average Bonchev–Trinajstić information content (AvgIpc) is 3.39. The zero-order valence-electron chi connectivity index (χ0n) is 15.6. The molecule has 2 heterocycles. The summed E-state index contributed by atoms with van der Waals surface area (Å²) in [7, 11) is 0. The maximum Gasteiger partial charge on any atom is 0.284 e. The van der Waals surface area contributed by atoms with Crippen LogP contribution in [-0.4, -0.2) is 28.8 Å². The topological polar surface area (TPSA) is 78.4 Å². The predicted octanol–water partition coefficient (Wildman–Crippen LogP) is 4.23. The van der Waals surface area contributed by atoms with Crippen molar-refractivity contribution < 1.29 is 14.8 Å². The first-order valence-electron chi connectivity index (χ1n) is 9.28. The third-order valence-corrected chi connectivity index (χ3v) is 7.18. The fourth-order valence-corrected chi connectivity index (χ4v) is 5.37. The van der Waals surface area contributed by atoms with Crippen molar-refractivity contribution in [2.45, 2.75) is 18.1 Å². The van der Waals surface area contributed by atoms with Crippen LogP contribution < -0.4 is 10.8 Å². The highest BCUT2D eigenvalue weighted by molar-refractivity contribution is 8.09. The Labute approximate surface area is 176 Å². The summed E-state index contributed by atoms with van der Waals surface area (Å²) in [5.74, 6) is -0.451. The second-order valence-electron chi connectivity index (χ2n) is 6.81. The smallest absolute Gasteiger partial charge is 0.284 e. The molecule has 1 atom stereocenters. The van der Waals surface area contributed by atoms with E-state index in [-0.39, 0.29) is 5.91 Å². The van der Waals surface area contributed by atoms with Crippen molar-refractivity contribution >= 4 is 49.9 Å². The molecule has 0 aliphatic carbocycles. The van der Waals surface area contributed by atoms with E-state index < -0.39 is 5.91 Å². The van der Waals surface area contributed by atoms with Crippen LogP contribution in [0, 0.1) is 0 Å². The SMILES string of the molecule is O=C(Cc1ccccc1)NCC1CC=C(c2ccc3sc(C(=O)NO)cc3c2)S1. The van der Waals surface area contributed by atoms with Gasteiger partial charge in [-0.3, -0.25) is 14.8 Å². The molecule has 0 bridgehead atoms. The van der Waals surface area contributed by atoms with Crippen LogP contribution in [0.3, 0.4) is 0 Å². The van der Waals surface area contributed by atoms with Crippen LogP contribution in [0.1, 0.15) is 27.2 Å². The van der Waals surface area contributed by atoms with E-state index in [1.807, 2.05) is 36.4 Å². The molecule has 29 heavy (non-hydrogen) atoms. The third-order valence-electron chi connectivity index (χ3n) is 4.72. The van der Waals surface area contributed by atoms with Crippen LogP contribution in [0.15, 0.2) is 60.7 Å². The molecule has 1 aliphatic heterocycles. The molecular formula is C22H20N2O3S2. The minimum absolute atomic E-state index is 0.0413. The lowest BCUT2D eigenvalue weighted by Crippen LogP contribution is -2.31. The largest absolute Gasteiger partial charge is 0.355 e. The van der Waals surface area contributed by atoms with Gasteiger partial charge in [-0.1, -0.05) is 42.5 Å². The van der Waals surface area contributed by atoms with Gasteiger partial charge in [0.05, 0.1) is 11.3 Å². The van der Waals surface area contributed by atoms with Gasteiger partial charge in [0, 0.05) is 21.4 Å². The van der Waals surface area contributed by atoms with Crippen LogP contribution in [-0.2, 0) is 11.2 Å². The van der Waals surface area contributed by atoms with Gasteiger partial charge in [0.1, 0.15) is 0 Å². The molecule has 0 saturated carbocycles. The monoisotopic (exact) mass is 424 g/mol. The highest BCUT2D eigenvalue weighted by Gasteiger charge is 2.20.